The molecule has 4 aromatic rings. The summed E-state index contributed by atoms with van der Waals surface area (Å²) in [4.78, 5) is 36.5. The molecule has 0 bridgehead atoms. The number of rotatable bonds is 7. The van der Waals surface area contributed by atoms with E-state index in [-0.39, 0.29) is 29.8 Å². The summed E-state index contributed by atoms with van der Waals surface area (Å²) < 4.78 is 42.4. The summed E-state index contributed by atoms with van der Waals surface area (Å²) in [5.74, 6) is -0.199. The van der Waals surface area contributed by atoms with Crippen molar-refractivity contribution in [3.8, 4) is 17.1 Å². The molecule has 0 aliphatic carbocycles. The van der Waals surface area contributed by atoms with Crippen LogP contribution in [0.4, 0.5) is 13.2 Å². The molecule has 1 saturated heterocycles. The Labute approximate surface area is 230 Å². The van der Waals surface area contributed by atoms with Crippen molar-refractivity contribution >= 4 is 17.5 Å². The highest BCUT2D eigenvalue weighted by Crippen LogP contribution is 2.24. The van der Waals surface area contributed by atoms with Gasteiger partial charge in [-0.05, 0) is 55.7 Å². The second-order valence-corrected chi connectivity index (χ2v) is 9.70. The topological polar surface area (TPSA) is 124 Å². The fourth-order valence-electron chi connectivity index (χ4n) is 4.41. The van der Waals surface area contributed by atoms with Crippen LogP contribution in [-0.2, 0) is 13.1 Å². The number of likely N-dealkylation sites (tertiary alicyclic amines) is 1. The van der Waals surface area contributed by atoms with Gasteiger partial charge in [0.15, 0.2) is 23.4 Å². The van der Waals surface area contributed by atoms with Gasteiger partial charge in [0.1, 0.15) is 12.9 Å². The van der Waals surface area contributed by atoms with E-state index in [1.807, 2.05) is 0 Å². The highest BCUT2D eigenvalue weighted by Gasteiger charge is 2.39. The minimum Gasteiger partial charge on any atom is -0.382 e. The Balaban J connectivity index is 1.45. The number of carbonyl (C=O) groups excluding carboxylic acids is 1. The van der Waals surface area contributed by atoms with Gasteiger partial charge in [-0.1, -0.05) is 11.6 Å². The summed E-state index contributed by atoms with van der Waals surface area (Å²) in [5.41, 5.74) is 0.0228. The number of piperidine rings is 1. The Bertz CT molecular complexity index is 1560. The molecule has 1 N–H and O–H groups in total. The van der Waals surface area contributed by atoms with Crippen LogP contribution in [0.5, 0.6) is 0 Å². The summed E-state index contributed by atoms with van der Waals surface area (Å²) >= 11 is 5.92. The van der Waals surface area contributed by atoms with Crippen molar-refractivity contribution < 1.29 is 23.1 Å². The fourth-order valence-corrected chi connectivity index (χ4v) is 4.54. The molecular weight excluding hydrogens is 553 g/mol. The van der Waals surface area contributed by atoms with Crippen molar-refractivity contribution in [2.45, 2.75) is 44.6 Å². The van der Waals surface area contributed by atoms with Crippen molar-refractivity contribution in [3.05, 3.63) is 75.9 Å². The highest BCUT2D eigenvalue weighted by molar-refractivity contribution is 6.30. The number of alkyl halides is 3. The van der Waals surface area contributed by atoms with Crippen molar-refractivity contribution in [2.24, 2.45) is 0 Å². The number of benzene rings is 1. The van der Waals surface area contributed by atoms with E-state index in [9.17, 15) is 27.9 Å². The number of aromatic nitrogens is 7. The zero-order valence-electron chi connectivity index (χ0n) is 21.0. The van der Waals surface area contributed by atoms with E-state index in [1.165, 1.54) is 41.5 Å². The summed E-state index contributed by atoms with van der Waals surface area (Å²) in [5, 5.41) is 18.6. The second-order valence-electron chi connectivity index (χ2n) is 9.27. The third-order valence-corrected chi connectivity index (χ3v) is 6.72. The lowest BCUT2D eigenvalue weighted by atomic mass is 10.1. The van der Waals surface area contributed by atoms with Crippen molar-refractivity contribution in [1.82, 2.24) is 39.0 Å². The number of carbonyl (C=O) groups is 1. The van der Waals surface area contributed by atoms with Gasteiger partial charge in [0, 0.05) is 29.9 Å². The number of aliphatic hydroxyl groups is 1. The van der Waals surface area contributed by atoms with E-state index in [0.29, 0.717) is 29.4 Å². The molecule has 3 aromatic heterocycles. The number of pyridine rings is 1. The lowest BCUT2D eigenvalue weighted by Gasteiger charge is -2.26. The van der Waals surface area contributed by atoms with Gasteiger partial charge in [-0.15, -0.1) is 10.2 Å². The van der Waals surface area contributed by atoms with Crippen molar-refractivity contribution in [2.75, 3.05) is 13.1 Å². The van der Waals surface area contributed by atoms with Gasteiger partial charge in [0.2, 0.25) is 0 Å². The minimum atomic E-state index is -4.94. The molecule has 210 valence electrons. The van der Waals surface area contributed by atoms with Crippen LogP contribution in [0.1, 0.15) is 35.6 Å². The summed E-state index contributed by atoms with van der Waals surface area (Å²) in [6.45, 7) is -0.0545. The molecule has 5 rings (SSSR count). The maximum absolute atomic E-state index is 13.1. The van der Waals surface area contributed by atoms with Gasteiger partial charge < -0.3 is 10.0 Å². The summed E-state index contributed by atoms with van der Waals surface area (Å²) in [6.07, 6.45) is -1.95. The van der Waals surface area contributed by atoms with E-state index < -0.39 is 24.5 Å². The van der Waals surface area contributed by atoms with Gasteiger partial charge in [0.05, 0.1) is 12.2 Å². The van der Waals surface area contributed by atoms with Crippen LogP contribution in [-0.4, -0.2) is 75.4 Å². The quantitative estimate of drug-likeness (QED) is 0.359. The smallest absolute Gasteiger partial charge is 0.382 e. The van der Waals surface area contributed by atoms with Crippen molar-refractivity contribution in [1.29, 1.82) is 0 Å². The van der Waals surface area contributed by atoms with Gasteiger partial charge in [-0.3, -0.25) is 9.36 Å². The molecule has 0 radical (unpaired) electrons. The average Bonchev–Trinajstić information content (AvgIpc) is 3.53. The molecule has 1 fully saturated rings. The Morgan fingerprint density at radius 1 is 1.05 bits per heavy atom. The number of amides is 1. The molecule has 0 saturated carbocycles. The van der Waals surface area contributed by atoms with Crippen LogP contribution >= 0.6 is 11.6 Å². The first-order valence-corrected chi connectivity index (χ1v) is 12.8. The number of hydrogen-bond acceptors (Lipinski definition) is 7. The van der Waals surface area contributed by atoms with Gasteiger partial charge >= 0.3 is 11.9 Å². The molecule has 15 heteroatoms. The van der Waals surface area contributed by atoms with Gasteiger partial charge in [0.25, 0.3) is 5.91 Å². The maximum Gasteiger partial charge on any atom is 0.416 e. The number of nitrogens with zero attached hydrogens (tertiary/aromatic N) is 8. The predicted molar refractivity (Wildman–Crippen MR) is 137 cm³/mol. The Morgan fingerprint density at radius 2 is 1.77 bits per heavy atom. The lowest BCUT2D eigenvalue weighted by molar-refractivity contribution is -0.207. The van der Waals surface area contributed by atoms with E-state index in [1.54, 1.807) is 17.0 Å². The van der Waals surface area contributed by atoms with Crippen LogP contribution in [0.3, 0.4) is 0 Å². The molecule has 1 amide bonds. The summed E-state index contributed by atoms with van der Waals surface area (Å²) in [6, 6.07) is 9.33. The molecule has 11 nitrogen and oxygen atoms in total. The average molecular weight is 577 g/mol. The predicted octanol–water partition coefficient (Wildman–Crippen LogP) is 2.94. The Kier molecular flexibility index (Phi) is 7.72. The summed E-state index contributed by atoms with van der Waals surface area (Å²) in [7, 11) is 0. The largest absolute Gasteiger partial charge is 0.416 e. The van der Waals surface area contributed by atoms with E-state index in [2.05, 4.69) is 20.2 Å². The first-order valence-electron chi connectivity index (χ1n) is 12.5. The molecule has 0 spiro atoms. The second kappa shape index (κ2) is 11.2. The third kappa shape index (κ3) is 5.77. The van der Waals surface area contributed by atoms with E-state index in [4.69, 9.17) is 11.6 Å². The van der Waals surface area contributed by atoms with Crippen LogP contribution in [0.15, 0.2) is 53.7 Å². The molecular formula is C25H24ClF3N8O3. The van der Waals surface area contributed by atoms with Gasteiger partial charge in [-0.2, -0.15) is 13.2 Å². The maximum atomic E-state index is 13.1. The molecule has 1 atom stereocenters. The van der Waals surface area contributed by atoms with Crippen LogP contribution in [0, 0.1) is 0 Å². The standard InChI is InChI=1S/C25H24ClF3N8O3/c26-17-8-6-16(7-9-17)22-33-36(24(40)35(22)13-19(38)25(27,28)29)14-20-31-15-37(32-20)18-5-4-10-30-21(18)23(39)34-11-2-1-3-12-34/h4-10,15,19,38H,1-3,11-14H2. The molecule has 1 aliphatic heterocycles. The van der Waals surface area contributed by atoms with E-state index in [0.717, 1.165) is 28.5 Å². The Hall–Kier alpha value is -4.04. The van der Waals surface area contributed by atoms with E-state index >= 15 is 0 Å². The Morgan fingerprint density at radius 3 is 2.48 bits per heavy atom. The SMILES string of the molecule is O=C(c1ncccc1-n1cnc(Cn2nc(-c3ccc(Cl)cc3)n(CC(O)C(F)(F)F)c2=O)n1)N1CCCCC1. The van der Waals surface area contributed by atoms with Crippen LogP contribution < -0.4 is 5.69 Å². The number of halogens is 4. The molecule has 1 aromatic carbocycles. The van der Waals surface area contributed by atoms with Crippen molar-refractivity contribution in [3.63, 3.8) is 0 Å². The van der Waals surface area contributed by atoms with Crippen LogP contribution in [0.2, 0.25) is 5.02 Å². The number of aliphatic hydroxyl groups excluding tert-OH is 1. The number of hydrogen-bond donors (Lipinski definition) is 1. The molecule has 4 heterocycles. The minimum absolute atomic E-state index is 0.0916. The molecule has 1 unspecified atom stereocenters. The fraction of sp³-hybridized carbons (Fsp3) is 0.360. The highest BCUT2D eigenvalue weighted by atomic mass is 35.5. The monoisotopic (exact) mass is 576 g/mol. The van der Waals surface area contributed by atoms with Crippen LogP contribution in [0.25, 0.3) is 17.1 Å². The van der Waals surface area contributed by atoms with Gasteiger partial charge in [-0.25, -0.2) is 24.1 Å². The first kappa shape index (κ1) is 27.5. The molecule has 40 heavy (non-hydrogen) atoms. The zero-order chi connectivity index (χ0) is 28.4. The first-order chi connectivity index (χ1) is 19.1. The third-order valence-electron chi connectivity index (χ3n) is 6.47. The molecule has 1 aliphatic rings. The normalized spacial score (nSPS) is 14.9. The zero-order valence-corrected chi connectivity index (χ0v) is 21.8. The lowest BCUT2D eigenvalue weighted by Crippen LogP contribution is -2.37.